The molecule has 0 aliphatic carbocycles. The third kappa shape index (κ3) is 1.92. The van der Waals surface area contributed by atoms with Gasteiger partial charge in [-0.05, 0) is 37.0 Å². The Hall–Kier alpha value is -0.780. The molecule has 0 aromatic heterocycles. The average Bonchev–Trinajstić information content (AvgIpc) is 2.87. The molecule has 2 heterocycles. The summed E-state index contributed by atoms with van der Waals surface area (Å²) >= 11 is 2.11. The normalized spacial score (nSPS) is 19.7. The Morgan fingerprint density at radius 1 is 1.12 bits per heavy atom. The molecule has 4 heteroatoms. The number of fused-ring (bicyclic) bond motifs is 1. The minimum atomic E-state index is 0.160. The van der Waals surface area contributed by atoms with Crippen molar-refractivity contribution in [2.24, 2.45) is 0 Å². The van der Waals surface area contributed by atoms with E-state index in [0.29, 0.717) is 0 Å². The summed E-state index contributed by atoms with van der Waals surface area (Å²) in [5.74, 6) is 0.160. The molecule has 3 nitrogen and oxygen atoms in total. The molecule has 2 aliphatic heterocycles. The van der Waals surface area contributed by atoms with Gasteiger partial charge in [0.1, 0.15) is 0 Å². The number of hydrogen-bond donors (Lipinski definition) is 0. The van der Waals surface area contributed by atoms with Crippen molar-refractivity contribution in [3.63, 3.8) is 0 Å². The molecule has 1 aromatic rings. The van der Waals surface area contributed by atoms with Crippen molar-refractivity contribution in [1.29, 1.82) is 0 Å². The summed E-state index contributed by atoms with van der Waals surface area (Å²) in [6.45, 7) is 3.11. The van der Waals surface area contributed by atoms with Crippen LogP contribution in [0.5, 0.6) is 0 Å². The average molecular weight is 342 g/mol. The van der Waals surface area contributed by atoms with E-state index in [1.54, 1.807) is 3.11 Å². The van der Waals surface area contributed by atoms with Gasteiger partial charge >= 0.3 is 0 Å². The van der Waals surface area contributed by atoms with Crippen LogP contribution in [-0.4, -0.2) is 28.7 Å². The van der Waals surface area contributed by atoms with Crippen LogP contribution < -0.4 is 4.90 Å². The maximum Gasteiger partial charge on any atom is 0.262 e. The molecule has 3 rings (SSSR count). The van der Waals surface area contributed by atoms with Gasteiger partial charge in [-0.3, -0.25) is 7.91 Å². The molecule has 0 saturated carbocycles. The van der Waals surface area contributed by atoms with Crippen LogP contribution >= 0.6 is 22.9 Å². The van der Waals surface area contributed by atoms with Gasteiger partial charge in [0, 0.05) is 30.9 Å². The molecule has 1 aromatic carbocycles. The number of carbonyl (C=O) groups is 1. The van der Waals surface area contributed by atoms with Crippen molar-refractivity contribution in [2.45, 2.75) is 19.3 Å². The standard InChI is InChI=1S/C13H15IN2O/c14-16-9-6-10-11(13(16)17)4-3-5-12(10)15-7-1-2-8-15/h3-5H,1-2,6-9H2. The maximum absolute atomic E-state index is 12.1. The Bertz CT molecular complexity index is 455. The van der Waals surface area contributed by atoms with Gasteiger partial charge in [-0.1, -0.05) is 6.07 Å². The lowest BCUT2D eigenvalue weighted by atomic mass is 9.98. The Balaban J connectivity index is 2.04. The van der Waals surface area contributed by atoms with E-state index < -0.39 is 0 Å². The lowest BCUT2D eigenvalue weighted by molar-refractivity contribution is 0.0878. The minimum absolute atomic E-state index is 0.160. The van der Waals surface area contributed by atoms with Crippen LogP contribution in [-0.2, 0) is 6.42 Å². The van der Waals surface area contributed by atoms with Crippen LogP contribution in [0.25, 0.3) is 0 Å². The van der Waals surface area contributed by atoms with E-state index in [4.69, 9.17) is 0 Å². The van der Waals surface area contributed by atoms with Gasteiger partial charge in [-0.25, -0.2) is 0 Å². The third-order valence-corrected chi connectivity index (χ3v) is 4.53. The topological polar surface area (TPSA) is 23.6 Å². The second kappa shape index (κ2) is 4.48. The molecular weight excluding hydrogens is 327 g/mol. The van der Waals surface area contributed by atoms with Crippen molar-refractivity contribution in [3.8, 4) is 0 Å². The Labute approximate surface area is 115 Å². The van der Waals surface area contributed by atoms with Gasteiger partial charge in [0.15, 0.2) is 0 Å². The number of nitrogens with zero attached hydrogens (tertiary/aromatic N) is 2. The molecule has 0 bridgehead atoms. The van der Waals surface area contributed by atoms with E-state index in [1.165, 1.54) is 24.1 Å². The highest BCUT2D eigenvalue weighted by atomic mass is 127. The fourth-order valence-corrected chi connectivity index (χ4v) is 3.24. The van der Waals surface area contributed by atoms with Crippen molar-refractivity contribution in [2.75, 3.05) is 24.5 Å². The lowest BCUT2D eigenvalue weighted by Gasteiger charge is -2.28. The number of halogens is 1. The number of amides is 1. The molecule has 90 valence electrons. The molecule has 1 saturated heterocycles. The molecular formula is C13H15IN2O. The zero-order valence-corrected chi connectivity index (χ0v) is 11.8. The molecule has 0 radical (unpaired) electrons. The quantitative estimate of drug-likeness (QED) is 0.579. The van der Waals surface area contributed by atoms with Crippen molar-refractivity contribution >= 4 is 34.5 Å². The highest BCUT2D eigenvalue weighted by molar-refractivity contribution is 14.1. The van der Waals surface area contributed by atoms with E-state index in [0.717, 1.165) is 31.6 Å². The fourth-order valence-electron chi connectivity index (χ4n) is 2.73. The maximum atomic E-state index is 12.1. The van der Waals surface area contributed by atoms with E-state index in [2.05, 4.69) is 33.8 Å². The largest absolute Gasteiger partial charge is 0.371 e. The van der Waals surface area contributed by atoms with E-state index in [1.807, 2.05) is 12.1 Å². The second-order valence-corrected chi connectivity index (χ2v) is 5.80. The Morgan fingerprint density at radius 3 is 2.65 bits per heavy atom. The van der Waals surface area contributed by atoms with Crippen LogP contribution in [0, 0.1) is 0 Å². The number of benzene rings is 1. The molecule has 2 aliphatic rings. The molecule has 17 heavy (non-hydrogen) atoms. The van der Waals surface area contributed by atoms with E-state index in [-0.39, 0.29) is 5.91 Å². The first-order chi connectivity index (χ1) is 8.27. The van der Waals surface area contributed by atoms with Gasteiger partial charge in [0.2, 0.25) is 0 Å². The Kier molecular flexibility index (Phi) is 2.98. The zero-order valence-electron chi connectivity index (χ0n) is 9.66. The van der Waals surface area contributed by atoms with Crippen LogP contribution in [0.3, 0.4) is 0 Å². The first-order valence-corrected chi connectivity index (χ1v) is 7.08. The molecule has 1 fully saturated rings. The highest BCUT2D eigenvalue weighted by Crippen LogP contribution is 2.31. The van der Waals surface area contributed by atoms with E-state index >= 15 is 0 Å². The summed E-state index contributed by atoms with van der Waals surface area (Å²) in [5, 5.41) is 0. The fraction of sp³-hybridized carbons (Fsp3) is 0.462. The first kappa shape index (κ1) is 11.3. The summed E-state index contributed by atoms with van der Waals surface area (Å²) in [4.78, 5) is 14.5. The first-order valence-electron chi connectivity index (χ1n) is 6.12. The summed E-state index contributed by atoms with van der Waals surface area (Å²) in [6, 6.07) is 6.14. The van der Waals surface area contributed by atoms with Gasteiger partial charge in [0.05, 0.1) is 22.9 Å². The predicted molar refractivity (Wildman–Crippen MR) is 76.6 cm³/mol. The highest BCUT2D eigenvalue weighted by Gasteiger charge is 2.26. The molecule has 1 amide bonds. The predicted octanol–water partition coefficient (Wildman–Crippen LogP) is 2.64. The third-order valence-electron chi connectivity index (χ3n) is 3.61. The number of anilines is 1. The number of hydrogen-bond acceptors (Lipinski definition) is 2. The van der Waals surface area contributed by atoms with Crippen LogP contribution in [0.1, 0.15) is 28.8 Å². The van der Waals surface area contributed by atoms with Crippen molar-refractivity contribution < 1.29 is 4.79 Å². The summed E-state index contributed by atoms with van der Waals surface area (Å²) < 4.78 is 1.79. The summed E-state index contributed by atoms with van der Waals surface area (Å²) in [6.07, 6.45) is 3.53. The summed E-state index contributed by atoms with van der Waals surface area (Å²) in [5.41, 5.74) is 3.44. The van der Waals surface area contributed by atoms with Crippen LogP contribution in [0.15, 0.2) is 18.2 Å². The number of carbonyl (C=O) groups excluding carboxylic acids is 1. The number of rotatable bonds is 1. The van der Waals surface area contributed by atoms with Gasteiger partial charge < -0.3 is 4.90 Å². The minimum Gasteiger partial charge on any atom is -0.371 e. The van der Waals surface area contributed by atoms with Crippen molar-refractivity contribution in [1.82, 2.24) is 3.11 Å². The molecule has 0 unspecified atom stereocenters. The lowest BCUT2D eigenvalue weighted by Crippen LogP contribution is -2.31. The molecule has 0 spiro atoms. The second-order valence-electron chi connectivity index (χ2n) is 4.64. The molecule has 0 atom stereocenters. The SMILES string of the molecule is O=C1c2cccc(N3CCCC3)c2CCN1I. The summed E-state index contributed by atoms with van der Waals surface area (Å²) in [7, 11) is 0. The van der Waals surface area contributed by atoms with E-state index in [9.17, 15) is 4.79 Å². The smallest absolute Gasteiger partial charge is 0.262 e. The van der Waals surface area contributed by atoms with Gasteiger partial charge in [0.25, 0.3) is 5.91 Å². The molecule has 0 N–H and O–H groups in total. The van der Waals surface area contributed by atoms with Gasteiger partial charge in [-0.15, -0.1) is 0 Å². The Morgan fingerprint density at radius 2 is 1.88 bits per heavy atom. The van der Waals surface area contributed by atoms with Crippen molar-refractivity contribution in [3.05, 3.63) is 29.3 Å². The zero-order chi connectivity index (χ0) is 11.8. The van der Waals surface area contributed by atoms with Crippen LogP contribution in [0.2, 0.25) is 0 Å². The van der Waals surface area contributed by atoms with Gasteiger partial charge in [-0.2, -0.15) is 0 Å². The van der Waals surface area contributed by atoms with Crippen LogP contribution in [0.4, 0.5) is 5.69 Å². The monoisotopic (exact) mass is 342 g/mol.